The molecule has 0 saturated carbocycles. The summed E-state index contributed by atoms with van der Waals surface area (Å²) < 4.78 is 5.36. The number of benzene rings is 2. The number of ether oxygens (including phenoxy) is 1. The van der Waals surface area contributed by atoms with Gasteiger partial charge >= 0.3 is 0 Å². The summed E-state index contributed by atoms with van der Waals surface area (Å²) in [5.41, 5.74) is 2.89. The Morgan fingerprint density at radius 2 is 1.96 bits per heavy atom. The molecule has 26 heavy (non-hydrogen) atoms. The monoisotopic (exact) mass is 372 g/mol. The highest BCUT2D eigenvalue weighted by Gasteiger charge is 2.37. The van der Waals surface area contributed by atoms with E-state index in [1.807, 2.05) is 56.4 Å². The Hall–Kier alpha value is -2.02. The molecular formula is C20H24N2O3S. The van der Waals surface area contributed by atoms with Gasteiger partial charge in [-0.1, -0.05) is 29.8 Å². The average molecular weight is 372 g/mol. The molecule has 1 amide bonds. The smallest absolute Gasteiger partial charge is 0.257 e. The van der Waals surface area contributed by atoms with Gasteiger partial charge in [0.25, 0.3) is 5.91 Å². The quantitative estimate of drug-likeness (QED) is 0.845. The molecule has 1 heterocycles. The molecule has 0 bridgehead atoms. The lowest BCUT2D eigenvalue weighted by Crippen LogP contribution is -2.43. The van der Waals surface area contributed by atoms with Crippen LogP contribution in [-0.4, -0.2) is 44.4 Å². The number of thioether (sulfide) groups is 1. The van der Waals surface area contributed by atoms with Crippen molar-refractivity contribution in [1.29, 1.82) is 0 Å². The number of nitrogens with zero attached hydrogens (tertiary/aromatic N) is 1. The Morgan fingerprint density at radius 1 is 1.23 bits per heavy atom. The molecule has 0 saturated heterocycles. The Bertz CT molecular complexity index is 779. The minimum absolute atomic E-state index is 0.276. The van der Waals surface area contributed by atoms with Gasteiger partial charge in [-0.15, -0.1) is 11.8 Å². The summed E-state index contributed by atoms with van der Waals surface area (Å²) in [6.45, 7) is 3.15. The van der Waals surface area contributed by atoms with Crippen molar-refractivity contribution < 1.29 is 14.6 Å². The molecule has 138 valence electrons. The summed E-state index contributed by atoms with van der Waals surface area (Å²) in [4.78, 5) is 15.6. The van der Waals surface area contributed by atoms with Gasteiger partial charge in [0.1, 0.15) is 11.9 Å². The predicted molar refractivity (Wildman–Crippen MR) is 105 cm³/mol. The van der Waals surface area contributed by atoms with Crippen LogP contribution in [0.5, 0.6) is 5.75 Å². The number of carbonyl (C=O) groups excluding carboxylic acids is 1. The number of nitrogens with one attached hydrogen (secondary N) is 1. The van der Waals surface area contributed by atoms with Gasteiger partial charge in [-0.2, -0.15) is 0 Å². The third-order valence-electron chi connectivity index (χ3n) is 4.51. The predicted octanol–water partition coefficient (Wildman–Crippen LogP) is 2.76. The molecule has 3 rings (SSSR count). The van der Waals surface area contributed by atoms with Crippen molar-refractivity contribution in [3.8, 4) is 5.75 Å². The molecule has 5 nitrogen and oxygen atoms in total. The maximum absolute atomic E-state index is 13.0. The van der Waals surface area contributed by atoms with E-state index in [9.17, 15) is 9.90 Å². The van der Waals surface area contributed by atoms with Crippen molar-refractivity contribution in [3.05, 3.63) is 53.6 Å². The molecule has 0 radical (unpaired) electrons. The van der Waals surface area contributed by atoms with Crippen molar-refractivity contribution >= 4 is 23.4 Å². The SMILES string of the molecule is CNCCN1C(=O)[C@H](O)[C@H](c2ccc(C)cc2)Sc2cc(OC)ccc21. The zero-order chi connectivity index (χ0) is 18.7. The number of aliphatic hydroxyl groups is 1. The number of aryl methyl sites for hydroxylation is 1. The fraction of sp³-hybridized carbons (Fsp3) is 0.350. The summed E-state index contributed by atoms with van der Waals surface area (Å²) in [6, 6.07) is 13.6. The minimum Gasteiger partial charge on any atom is -0.497 e. The maximum atomic E-state index is 13.0. The van der Waals surface area contributed by atoms with E-state index < -0.39 is 6.10 Å². The van der Waals surface area contributed by atoms with Crippen LogP contribution >= 0.6 is 11.8 Å². The van der Waals surface area contributed by atoms with Crippen molar-refractivity contribution in [2.24, 2.45) is 0 Å². The molecular weight excluding hydrogens is 348 g/mol. The van der Waals surface area contributed by atoms with E-state index in [0.717, 1.165) is 27.5 Å². The van der Waals surface area contributed by atoms with E-state index in [2.05, 4.69) is 5.32 Å². The van der Waals surface area contributed by atoms with Gasteiger partial charge in [0, 0.05) is 18.0 Å². The van der Waals surface area contributed by atoms with E-state index in [1.54, 1.807) is 12.0 Å². The average Bonchev–Trinajstić information content (AvgIpc) is 2.76. The third kappa shape index (κ3) is 3.72. The van der Waals surface area contributed by atoms with Crippen LogP contribution in [0.1, 0.15) is 16.4 Å². The van der Waals surface area contributed by atoms with Crippen LogP contribution < -0.4 is 15.0 Å². The second-order valence-corrected chi connectivity index (χ2v) is 7.50. The molecule has 0 unspecified atom stereocenters. The molecule has 1 aliphatic rings. The molecule has 6 heteroatoms. The maximum Gasteiger partial charge on any atom is 0.257 e. The summed E-state index contributed by atoms with van der Waals surface area (Å²) in [6.07, 6.45) is -1.11. The number of amides is 1. The van der Waals surface area contributed by atoms with Gasteiger partial charge < -0.3 is 20.1 Å². The summed E-state index contributed by atoms with van der Waals surface area (Å²) in [5.74, 6) is 0.457. The van der Waals surface area contributed by atoms with Crippen LogP contribution in [-0.2, 0) is 4.79 Å². The largest absolute Gasteiger partial charge is 0.497 e. The number of likely N-dealkylation sites (N-methyl/N-ethyl adjacent to an activating group) is 1. The van der Waals surface area contributed by atoms with Gasteiger partial charge in [-0.3, -0.25) is 4.79 Å². The first-order valence-corrected chi connectivity index (χ1v) is 9.48. The van der Waals surface area contributed by atoms with E-state index in [4.69, 9.17) is 4.74 Å². The molecule has 0 fully saturated rings. The number of carbonyl (C=O) groups is 1. The van der Waals surface area contributed by atoms with Gasteiger partial charge in [-0.25, -0.2) is 0 Å². The van der Waals surface area contributed by atoms with Crippen LogP contribution in [0.15, 0.2) is 47.4 Å². The first-order chi connectivity index (χ1) is 12.5. The molecule has 2 aromatic carbocycles. The highest BCUT2D eigenvalue weighted by molar-refractivity contribution is 7.99. The lowest BCUT2D eigenvalue weighted by molar-refractivity contribution is -0.126. The van der Waals surface area contributed by atoms with E-state index >= 15 is 0 Å². The first kappa shape index (κ1) is 18.8. The normalized spacial score (nSPS) is 19.8. The Balaban J connectivity index is 2.05. The Labute approximate surface area is 158 Å². The highest BCUT2D eigenvalue weighted by Crippen LogP contribution is 2.46. The number of fused-ring (bicyclic) bond motifs is 1. The number of methoxy groups -OCH3 is 1. The molecule has 2 atom stereocenters. The molecule has 0 aliphatic carbocycles. The molecule has 2 N–H and O–H groups in total. The van der Waals surface area contributed by atoms with E-state index in [1.165, 1.54) is 11.8 Å². The lowest BCUT2D eigenvalue weighted by Gasteiger charge is -2.25. The zero-order valence-electron chi connectivity index (χ0n) is 15.2. The summed E-state index contributed by atoms with van der Waals surface area (Å²) in [5, 5.41) is 13.5. The zero-order valence-corrected chi connectivity index (χ0v) is 16.0. The number of hydrogen-bond acceptors (Lipinski definition) is 5. The van der Waals surface area contributed by atoms with Gasteiger partial charge in [-0.05, 0) is 37.7 Å². The third-order valence-corrected chi connectivity index (χ3v) is 5.87. The van der Waals surface area contributed by atoms with Crippen molar-refractivity contribution in [3.63, 3.8) is 0 Å². The number of hydrogen-bond donors (Lipinski definition) is 2. The van der Waals surface area contributed by atoms with Gasteiger partial charge in [0.2, 0.25) is 0 Å². The number of rotatable bonds is 5. The van der Waals surface area contributed by atoms with Crippen LogP contribution in [0.3, 0.4) is 0 Å². The second kappa shape index (κ2) is 8.12. The molecule has 0 spiro atoms. The molecule has 1 aliphatic heterocycles. The molecule has 2 aromatic rings. The summed E-state index contributed by atoms with van der Waals surface area (Å²) >= 11 is 1.50. The fourth-order valence-electron chi connectivity index (χ4n) is 3.01. The topological polar surface area (TPSA) is 61.8 Å². The second-order valence-electron chi connectivity index (χ2n) is 6.32. The Morgan fingerprint density at radius 3 is 2.62 bits per heavy atom. The van der Waals surface area contributed by atoms with Crippen LogP contribution in [0.4, 0.5) is 5.69 Å². The number of anilines is 1. The first-order valence-electron chi connectivity index (χ1n) is 8.60. The van der Waals surface area contributed by atoms with Crippen molar-refractivity contribution in [2.75, 3.05) is 32.1 Å². The lowest BCUT2D eigenvalue weighted by atomic mass is 10.0. The highest BCUT2D eigenvalue weighted by atomic mass is 32.2. The standard InChI is InChI=1S/C20H24N2O3S/c1-13-4-6-14(7-5-13)19-18(23)20(24)22(11-10-21-2)16-9-8-15(25-3)12-17(16)26-19/h4-9,12,18-19,21,23H,10-11H2,1-3H3/t18-,19+/m1/s1. The van der Waals surface area contributed by atoms with E-state index in [-0.39, 0.29) is 11.2 Å². The van der Waals surface area contributed by atoms with Gasteiger partial charge in [0.05, 0.1) is 18.0 Å². The van der Waals surface area contributed by atoms with Crippen LogP contribution in [0, 0.1) is 6.92 Å². The minimum atomic E-state index is -1.11. The number of aliphatic hydroxyl groups excluding tert-OH is 1. The van der Waals surface area contributed by atoms with Crippen LogP contribution in [0.2, 0.25) is 0 Å². The van der Waals surface area contributed by atoms with Crippen molar-refractivity contribution in [2.45, 2.75) is 23.2 Å². The van der Waals surface area contributed by atoms with Gasteiger partial charge in [0.15, 0.2) is 0 Å². The Kier molecular flexibility index (Phi) is 5.86. The molecule has 0 aromatic heterocycles. The van der Waals surface area contributed by atoms with E-state index in [0.29, 0.717) is 13.1 Å². The fourth-order valence-corrected chi connectivity index (χ4v) is 4.30. The van der Waals surface area contributed by atoms with Crippen molar-refractivity contribution in [1.82, 2.24) is 5.32 Å². The summed E-state index contributed by atoms with van der Waals surface area (Å²) in [7, 11) is 3.47. The van der Waals surface area contributed by atoms with Crippen LogP contribution in [0.25, 0.3) is 0 Å².